The lowest BCUT2D eigenvalue weighted by Gasteiger charge is -2.21. The Morgan fingerprint density at radius 3 is 2.71 bits per heavy atom. The van der Waals surface area contributed by atoms with Gasteiger partial charge in [-0.25, -0.2) is 0 Å². The first-order valence-corrected chi connectivity index (χ1v) is 5.01. The topological polar surface area (TPSA) is 50.9 Å². The van der Waals surface area contributed by atoms with Crippen LogP contribution < -0.4 is 11.1 Å². The minimum atomic E-state index is 0.212. The molecule has 3 nitrogen and oxygen atoms in total. The highest BCUT2D eigenvalue weighted by molar-refractivity contribution is 5.25. The molecule has 1 aromatic rings. The lowest BCUT2D eigenvalue weighted by atomic mass is 10.0. The Bertz CT molecular complexity index is 284. The van der Waals surface area contributed by atoms with Gasteiger partial charge in [0.15, 0.2) is 0 Å². The highest BCUT2D eigenvalue weighted by Gasteiger charge is 2.12. The molecule has 0 radical (unpaired) electrons. The van der Waals surface area contributed by atoms with Gasteiger partial charge in [0.05, 0.1) is 0 Å². The Labute approximate surface area is 85.7 Å². The number of hydrogen-bond acceptors (Lipinski definition) is 3. The molecule has 3 N–H and O–H groups in total. The molecular formula is C11H19N3. The van der Waals surface area contributed by atoms with Gasteiger partial charge in [-0.15, -0.1) is 0 Å². The molecule has 3 heteroatoms. The molecule has 0 saturated heterocycles. The fourth-order valence-corrected chi connectivity index (χ4v) is 1.53. The third-order valence-corrected chi connectivity index (χ3v) is 2.23. The van der Waals surface area contributed by atoms with Crippen molar-refractivity contribution in [1.82, 2.24) is 10.3 Å². The molecule has 0 aliphatic rings. The second-order valence-electron chi connectivity index (χ2n) is 3.84. The normalized spacial score (nSPS) is 13.2. The number of hydrogen-bond donors (Lipinski definition) is 2. The molecule has 1 rings (SSSR count). The molecule has 1 unspecified atom stereocenters. The molecule has 0 aromatic carbocycles. The van der Waals surface area contributed by atoms with Crippen molar-refractivity contribution < 1.29 is 0 Å². The van der Waals surface area contributed by atoms with Crippen molar-refractivity contribution >= 4 is 0 Å². The van der Waals surface area contributed by atoms with Crippen LogP contribution in [0, 0.1) is 6.92 Å². The third-order valence-electron chi connectivity index (χ3n) is 2.23. The number of nitrogens with zero attached hydrogens (tertiary/aromatic N) is 1. The quantitative estimate of drug-likeness (QED) is 0.759. The van der Waals surface area contributed by atoms with Crippen LogP contribution in [0.25, 0.3) is 0 Å². The van der Waals surface area contributed by atoms with Crippen molar-refractivity contribution in [3.05, 3.63) is 29.6 Å². The molecule has 0 fully saturated rings. The van der Waals surface area contributed by atoms with Crippen LogP contribution in [0.3, 0.4) is 0 Å². The third kappa shape index (κ3) is 2.79. The number of aryl methyl sites for hydroxylation is 1. The Hall–Kier alpha value is -0.930. The summed E-state index contributed by atoms with van der Waals surface area (Å²) in [5, 5.41) is 3.42. The Morgan fingerprint density at radius 2 is 2.21 bits per heavy atom. The van der Waals surface area contributed by atoms with E-state index in [1.807, 2.05) is 18.5 Å². The van der Waals surface area contributed by atoms with Crippen LogP contribution in [0.5, 0.6) is 0 Å². The number of pyridine rings is 1. The highest BCUT2D eigenvalue weighted by atomic mass is 15.0. The van der Waals surface area contributed by atoms with Crippen LogP contribution in [-0.4, -0.2) is 17.6 Å². The number of nitrogens with two attached hydrogens (primary N) is 1. The Balaban J connectivity index is 2.83. The highest BCUT2D eigenvalue weighted by Crippen LogP contribution is 2.15. The van der Waals surface area contributed by atoms with Crippen molar-refractivity contribution in [2.24, 2.45) is 5.73 Å². The maximum atomic E-state index is 5.73. The molecule has 0 bridgehead atoms. The summed E-state index contributed by atoms with van der Waals surface area (Å²) in [5.74, 6) is 0. The van der Waals surface area contributed by atoms with E-state index in [1.165, 1.54) is 11.1 Å². The van der Waals surface area contributed by atoms with Crippen LogP contribution in [0.2, 0.25) is 0 Å². The van der Waals surface area contributed by atoms with Gasteiger partial charge >= 0.3 is 0 Å². The van der Waals surface area contributed by atoms with E-state index >= 15 is 0 Å². The van der Waals surface area contributed by atoms with Crippen LogP contribution in [-0.2, 0) is 0 Å². The van der Waals surface area contributed by atoms with E-state index in [0.717, 1.165) is 0 Å². The predicted octanol–water partition coefficient (Wildman–Crippen LogP) is 1.39. The number of rotatable bonds is 4. The molecule has 0 aliphatic carbocycles. The fraction of sp³-hybridized carbons (Fsp3) is 0.545. The zero-order valence-electron chi connectivity index (χ0n) is 9.12. The second-order valence-corrected chi connectivity index (χ2v) is 3.84. The van der Waals surface area contributed by atoms with Crippen LogP contribution in [0.4, 0.5) is 0 Å². The smallest absolute Gasteiger partial charge is 0.0464 e. The summed E-state index contributed by atoms with van der Waals surface area (Å²) in [6.07, 6.45) is 3.70. The lowest BCUT2D eigenvalue weighted by Crippen LogP contribution is -2.33. The summed E-state index contributed by atoms with van der Waals surface area (Å²) in [5.41, 5.74) is 8.17. The number of nitrogens with one attached hydrogen (secondary N) is 1. The van der Waals surface area contributed by atoms with Crippen molar-refractivity contribution in [2.45, 2.75) is 32.9 Å². The molecule has 1 aromatic heterocycles. The summed E-state index contributed by atoms with van der Waals surface area (Å²) in [6.45, 7) is 6.93. The molecule has 1 heterocycles. The molecule has 14 heavy (non-hydrogen) atoms. The minimum Gasteiger partial charge on any atom is -0.329 e. The van der Waals surface area contributed by atoms with Gasteiger partial charge in [0.2, 0.25) is 0 Å². The fourth-order valence-electron chi connectivity index (χ4n) is 1.53. The molecule has 1 atom stereocenters. The maximum absolute atomic E-state index is 5.73. The lowest BCUT2D eigenvalue weighted by molar-refractivity contribution is 0.481. The van der Waals surface area contributed by atoms with E-state index in [-0.39, 0.29) is 6.04 Å². The first-order chi connectivity index (χ1) is 6.65. The zero-order valence-corrected chi connectivity index (χ0v) is 9.12. The van der Waals surface area contributed by atoms with E-state index in [4.69, 9.17) is 5.73 Å². The monoisotopic (exact) mass is 193 g/mol. The van der Waals surface area contributed by atoms with Crippen LogP contribution in [0.15, 0.2) is 18.5 Å². The van der Waals surface area contributed by atoms with Gasteiger partial charge in [0, 0.05) is 31.0 Å². The van der Waals surface area contributed by atoms with Gasteiger partial charge in [-0.05, 0) is 24.1 Å². The molecule has 78 valence electrons. The van der Waals surface area contributed by atoms with Gasteiger partial charge in [-0.1, -0.05) is 13.8 Å². The standard InChI is InChI=1S/C11H19N3/c1-8(2)14-11(6-12)10-7-13-5-4-9(10)3/h4-5,7-8,11,14H,6,12H2,1-3H3. The largest absolute Gasteiger partial charge is 0.329 e. The van der Waals surface area contributed by atoms with Crippen molar-refractivity contribution in [3.63, 3.8) is 0 Å². The average Bonchev–Trinajstić information content (AvgIpc) is 2.15. The molecular weight excluding hydrogens is 174 g/mol. The van der Waals surface area contributed by atoms with Crippen LogP contribution in [0.1, 0.15) is 31.0 Å². The predicted molar refractivity (Wildman–Crippen MR) is 59.0 cm³/mol. The molecule has 0 amide bonds. The summed E-state index contributed by atoms with van der Waals surface area (Å²) < 4.78 is 0. The van der Waals surface area contributed by atoms with Crippen molar-refractivity contribution in [1.29, 1.82) is 0 Å². The van der Waals surface area contributed by atoms with E-state index in [1.54, 1.807) is 0 Å². The van der Waals surface area contributed by atoms with Gasteiger partial charge in [-0.3, -0.25) is 4.98 Å². The molecule has 0 aliphatic heterocycles. The van der Waals surface area contributed by atoms with E-state index in [0.29, 0.717) is 12.6 Å². The molecule has 0 saturated carbocycles. The van der Waals surface area contributed by atoms with E-state index < -0.39 is 0 Å². The van der Waals surface area contributed by atoms with Gasteiger partial charge < -0.3 is 11.1 Å². The number of aromatic nitrogens is 1. The molecule has 0 spiro atoms. The van der Waals surface area contributed by atoms with Gasteiger partial charge in [0.1, 0.15) is 0 Å². The van der Waals surface area contributed by atoms with E-state index in [2.05, 4.69) is 31.1 Å². The van der Waals surface area contributed by atoms with Crippen LogP contribution >= 0.6 is 0 Å². The van der Waals surface area contributed by atoms with E-state index in [9.17, 15) is 0 Å². The van der Waals surface area contributed by atoms with Crippen molar-refractivity contribution in [2.75, 3.05) is 6.54 Å². The van der Waals surface area contributed by atoms with Crippen molar-refractivity contribution in [3.8, 4) is 0 Å². The summed E-state index contributed by atoms with van der Waals surface area (Å²) >= 11 is 0. The summed E-state index contributed by atoms with van der Waals surface area (Å²) in [7, 11) is 0. The summed E-state index contributed by atoms with van der Waals surface area (Å²) in [6, 6.07) is 2.66. The zero-order chi connectivity index (χ0) is 10.6. The average molecular weight is 193 g/mol. The Kier molecular flexibility index (Phi) is 4.04. The van der Waals surface area contributed by atoms with Gasteiger partial charge in [-0.2, -0.15) is 0 Å². The first-order valence-electron chi connectivity index (χ1n) is 5.01. The summed E-state index contributed by atoms with van der Waals surface area (Å²) in [4.78, 5) is 4.13. The first kappa shape index (κ1) is 11.1. The minimum absolute atomic E-state index is 0.212. The van der Waals surface area contributed by atoms with Gasteiger partial charge in [0.25, 0.3) is 0 Å². The second kappa shape index (κ2) is 5.08. The Morgan fingerprint density at radius 1 is 1.50 bits per heavy atom. The SMILES string of the molecule is Cc1ccncc1C(CN)NC(C)C. The maximum Gasteiger partial charge on any atom is 0.0464 e.